The molecule has 0 unspecified atom stereocenters. The van der Waals surface area contributed by atoms with Gasteiger partial charge in [-0.2, -0.15) is 0 Å². The summed E-state index contributed by atoms with van der Waals surface area (Å²) in [6, 6.07) is 14.4. The van der Waals surface area contributed by atoms with E-state index < -0.39 is 11.8 Å². The van der Waals surface area contributed by atoms with Crippen molar-refractivity contribution < 1.29 is 19.1 Å². The molecular formula is C23H27ClN4O4. The molecule has 2 aromatic carbocycles. The molecule has 0 aromatic heterocycles. The van der Waals surface area contributed by atoms with E-state index >= 15 is 0 Å². The number of halogens is 1. The van der Waals surface area contributed by atoms with Gasteiger partial charge in [-0.3, -0.25) is 14.4 Å². The topological polar surface area (TPSA) is 91.0 Å². The molecule has 0 radical (unpaired) electrons. The van der Waals surface area contributed by atoms with Crippen LogP contribution in [0.5, 0.6) is 5.75 Å². The highest BCUT2D eigenvalue weighted by molar-refractivity contribution is 6.30. The van der Waals surface area contributed by atoms with Crippen LogP contribution in [-0.2, 0) is 9.59 Å². The van der Waals surface area contributed by atoms with E-state index in [4.69, 9.17) is 16.3 Å². The Bertz CT molecular complexity index is 961. The number of hydrogen-bond donors (Lipinski definition) is 2. The van der Waals surface area contributed by atoms with Crippen LogP contribution in [0.15, 0.2) is 48.5 Å². The molecule has 0 aliphatic carbocycles. The smallest absolute Gasteiger partial charge is 0.255 e. The van der Waals surface area contributed by atoms with Crippen LogP contribution in [0.2, 0.25) is 5.02 Å². The molecule has 1 saturated heterocycles. The van der Waals surface area contributed by atoms with Gasteiger partial charge in [0.2, 0.25) is 11.8 Å². The molecule has 0 atom stereocenters. The Labute approximate surface area is 192 Å². The number of anilines is 1. The highest BCUT2D eigenvalue weighted by Crippen LogP contribution is 2.21. The summed E-state index contributed by atoms with van der Waals surface area (Å²) >= 11 is 6.05. The molecule has 1 aliphatic rings. The first-order valence-electron chi connectivity index (χ1n) is 10.5. The van der Waals surface area contributed by atoms with Gasteiger partial charge in [0.15, 0.2) is 0 Å². The number of benzene rings is 2. The number of carbonyl (C=O) groups is 3. The summed E-state index contributed by atoms with van der Waals surface area (Å²) in [4.78, 5) is 40.8. The van der Waals surface area contributed by atoms with E-state index in [1.807, 2.05) is 31.2 Å². The maximum atomic E-state index is 12.4. The molecule has 3 amide bonds. The molecule has 2 N–H and O–H groups in total. The van der Waals surface area contributed by atoms with Crippen molar-refractivity contribution in [1.82, 2.24) is 15.5 Å². The van der Waals surface area contributed by atoms with Gasteiger partial charge in [-0.15, -0.1) is 0 Å². The lowest BCUT2D eigenvalue weighted by Gasteiger charge is -2.36. The van der Waals surface area contributed by atoms with E-state index in [0.717, 1.165) is 5.69 Å². The summed E-state index contributed by atoms with van der Waals surface area (Å²) in [5.41, 5.74) is 1.38. The lowest BCUT2D eigenvalue weighted by Crippen LogP contribution is -2.51. The van der Waals surface area contributed by atoms with Crippen molar-refractivity contribution in [2.75, 3.05) is 50.8 Å². The lowest BCUT2D eigenvalue weighted by atomic mass is 10.2. The first-order valence-corrected chi connectivity index (χ1v) is 10.9. The van der Waals surface area contributed by atoms with Crippen LogP contribution in [-0.4, -0.2) is 68.5 Å². The van der Waals surface area contributed by atoms with Gasteiger partial charge in [0.25, 0.3) is 5.91 Å². The first-order chi connectivity index (χ1) is 15.5. The third-order valence-corrected chi connectivity index (χ3v) is 5.32. The SMILES string of the molecule is CCOc1ccccc1C(=O)NCC(=O)NCC(=O)N1CCN(c2cccc(Cl)c2)CC1. The fraction of sp³-hybridized carbons (Fsp3) is 0.348. The second-order valence-corrected chi connectivity index (χ2v) is 7.67. The molecule has 1 aliphatic heterocycles. The minimum absolute atomic E-state index is 0.110. The largest absolute Gasteiger partial charge is 0.493 e. The van der Waals surface area contributed by atoms with Crippen LogP contribution in [0.3, 0.4) is 0 Å². The predicted molar refractivity (Wildman–Crippen MR) is 123 cm³/mol. The Kier molecular flexibility index (Phi) is 8.33. The standard InChI is InChI=1S/C23H27ClN4O4/c1-2-32-20-9-4-3-8-19(20)23(31)26-15-21(29)25-16-22(30)28-12-10-27(11-13-28)18-7-5-6-17(24)14-18/h3-9,14H,2,10-13,15-16H2,1H3,(H,25,29)(H,26,31). The van der Waals surface area contributed by atoms with Crippen LogP contribution in [0, 0.1) is 0 Å². The Morgan fingerprint density at radius 1 is 0.969 bits per heavy atom. The number of piperazine rings is 1. The number of hydrogen-bond acceptors (Lipinski definition) is 5. The van der Waals surface area contributed by atoms with E-state index in [1.54, 1.807) is 29.2 Å². The summed E-state index contributed by atoms with van der Waals surface area (Å²) in [5, 5.41) is 5.80. The van der Waals surface area contributed by atoms with Crippen molar-refractivity contribution in [3.8, 4) is 5.75 Å². The van der Waals surface area contributed by atoms with Gasteiger partial charge in [0.1, 0.15) is 5.75 Å². The average Bonchev–Trinajstić information content (AvgIpc) is 2.81. The molecule has 0 saturated carbocycles. The Balaban J connectivity index is 1.40. The van der Waals surface area contributed by atoms with Crippen LogP contribution < -0.4 is 20.3 Å². The zero-order valence-corrected chi connectivity index (χ0v) is 18.7. The molecule has 9 heteroatoms. The first kappa shape index (κ1) is 23.4. The van der Waals surface area contributed by atoms with Crippen molar-refractivity contribution in [3.05, 3.63) is 59.1 Å². The predicted octanol–water partition coefficient (Wildman–Crippen LogP) is 1.93. The van der Waals surface area contributed by atoms with Gasteiger partial charge < -0.3 is 25.2 Å². The molecule has 32 heavy (non-hydrogen) atoms. The van der Waals surface area contributed by atoms with E-state index in [2.05, 4.69) is 15.5 Å². The zero-order valence-electron chi connectivity index (χ0n) is 18.0. The van der Waals surface area contributed by atoms with Gasteiger partial charge >= 0.3 is 0 Å². The van der Waals surface area contributed by atoms with Crippen molar-refractivity contribution >= 4 is 35.0 Å². The minimum atomic E-state index is -0.432. The Hall–Kier alpha value is -3.26. The maximum absolute atomic E-state index is 12.4. The van der Waals surface area contributed by atoms with Gasteiger partial charge in [0.05, 0.1) is 25.3 Å². The number of nitrogens with one attached hydrogen (secondary N) is 2. The molecule has 0 spiro atoms. The number of nitrogens with zero attached hydrogens (tertiary/aromatic N) is 2. The van der Waals surface area contributed by atoms with Crippen molar-refractivity contribution in [1.29, 1.82) is 0 Å². The van der Waals surface area contributed by atoms with Gasteiger partial charge in [0, 0.05) is 36.9 Å². The van der Waals surface area contributed by atoms with Crippen LogP contribution in [0.1, 0.15) is 17.3 Å². The van der Waals surface area contributed by atoms with Crippen molar-refractivity contribution in [3.63, 3.8) is 0 Å². The summed E-state index contributed by atoms with van der Waals surface area (Å²) in [5.74, 6) is -0.539. The second kappa shape index (κ2) is 11.4. The van der Waals surface area contributed by atoms with E-state index in [-0.39, 0.29) is 19.0 Å². The molecule has 8 nitrogen and oxygen atoms in total. The second-order valence-electron chi connectivity index (χ2n) is 7.24. The summed E-state index contributed by atoms with van der Waals surface area (Å²) in [6.45, 7) is 4.43. The number of carbonyl (C=O) groups excluding carboxylic acids is 3. The van der Waals surface area contributed by atoms with E-state index in [0.29, 0.717) is 49.1 Å². The van der Waals surface area contributed by atoms with Gasteiger partial charge in [-0.1, -0.05) is 29.8 Å². The van der Waals surface area contributed by atoms with Crippen LogP contribution in [0.4, 0.5) is 5.69 Å². The molecule has 2 aromatic rings. The molecule has 0 bridgehead atoms. The molecule has 1 fully saturated rings. The average molecular weight is 459 g/mol. The lowest BCUT2D eigenvalue weighted by molar-refractivity contribution is -0.132. The molecule has 1 heterocycles. The minimum Gasteiger partial charge on any atom is -0.493 e. The fourth-order valence-electron chi connectivity index (χ4n) is 3.43. The molecule has 3 rings (SSSR count). The number of para-hydroxylation sites is 1. The monoisotopic (exact) mass is 458 g/mol. The number of rotatable bonds is 8. The Morgan fingerprint density at radius 3 is 2.44 bits per heavy atom. The third-order valence-electron chi connectivity index (χ3n) is 5.08. The van der Waals surface area contributed by atoms with Gasteiger partial charge in [-0.05, 0) is 37.3 Å². The van der Waals surface area contributed by atoms with E-state index in [1.165, 1.54) is 0 Å². The summed E-state index contributed by atoms with van der Waals surface area (Å²) in [7, 11) is 0. The maximum Gasteiger partial charge on any atom is 0.255 e. The highest BCUT2D eigenvalue weighted by atomic mass is 35.5. The number of ether oxygens (including phenoxy) is 1. The van der Waals surface area contributed by atoms with Crippen molar-refractivity contribution in [2.45, 2.75) is 6.92 Å². The third kappa shape index (κ3) is 6.37. The van der Waals surface area contributed by atoms with Crippen molar-refractivity contribution in [2.24, 2.45) is 0 Å². The van der Waals surface area contributed by atoms with Crippen LogP contribution >= 0.6 is 11.6 Å². The molecule has 170 valence electrons. The van der Waals surface area contributed by atoms with Gasteiger partial charge in [-0.25, -0.2) is 0 Å². The Morgan fingerprint density at radius 2 is 1.72 bits per heavy atom. The molecular weight excluding hydrogens is 432 g/mol. The summed E-state index contributed by atoms with van der Waals surface area (Å²) < 4.78 is 5.43. The number of amides is 3. The van der Waals surface area contributed by atoms with E-state index in [9.17, 15) is 14.4 Å². The summed E-state index contributed by atoms with van der Waals surface area (Å²) in [6.07, 6.45) is 0. The fourth-order valence-corrected chi connectivity index (χ4v) is 3.61. The normalized spacial score (nSPS) is 13.4. The quantitative estimate of drug-likeness (QED) is 0.630. The van der Waals surface area contributed by atoms with Crippen LogP contribution in [0.25, 0.3) is 0 Å². The highest BCUT2D eigenvalue weighted by Gasteiger charge is 2.22. The zero-order chi connectivity index (χ0) is 22.9.